The Kier molecular flexibility index (Phi) is 15.2. The molecule has 2 aliphatic rings. The summed E-state index contributed by atoms with van der Waals surface area (Å²) in [5.74, 6) is 1.83. The number of rotatable bonds is 9. The van der Waals surface area contributed by atoms with E-state index in [4.69, 9.17) is 9.47 Å². The average Bonchev–Trinajstić information content (AvgIpc) is 3.69. The van der Waals surface area contributed by atoms with Crippen LogP contribution in [0.4, 0.5) is 0 Å². The van der Waals surface area contributed by atoms with E-state index in [-0.39, 0.29) is 12.4 Å². The fourth-order valence-corrected chi connectivity index (χ4v) is 5.36. The molecule has 0 amide bonds. The topological polar surface area (TPSA) is 74.2 Å². The molecule has 0 aliphatic carbocycles. The van der Waals surface area contributed by atoms with Crippen molar-refractivity contribution >= 4 is 28.3 Å². The second-order valence-electron chi connectivity index (χ2n) is 10.8. The maximum Gasteiger partial charge on any atom is 0.119 e. The Morgan fingerprint density at radius 1 is 0.659 bits per heavy atom. The van der Waals surface area contributed by atoms with Crippen LogP contribution in [0.3, 0.4) is 0 Å². The van der Waals surface area contributed by atoms with Gasteiger partial charge in [0.1, 0.15) is 29.3 Å². The van der Waals surface area contributed by atoms with Gasteiger partial charge in [-0.1, -0.05) is 113 Å². The number of para-hydroxylation sites is 2. The monoisotopic (exact) mass is 682 g/mol. The van der Waals surface area contributed by atoms with Gasteiger partial charge in [0.05, 0.1) is 6.61 Å². The fourth-order valence-electron chi connectivity index (χ4n) is 5.20. The predicted molar refractivity (Wildman–Crippen MR) is 184 cm³/mol. The van der Waals surface area contributed by atoms with Gasteiger partial charge in [0.2, 0.25) is 0 Å². The third-order valence-electron chi connectivity index (χ3n) is 7.59. The number of ether oxygens (including phenoxy) is 2. The molecule has 6 rings (SSSR count). The second-order valence-corrected chi connectivity index (χ2v) is 11.6. The number of alkyl halides is 1. The summed E-state index contributed by atoms with van der Waals surface area (Å²) >= 11 is 3.28. The lowest BCUT2D eigenvalue weighted by atomic mass is 9.93. The first-order valence-electron chi connectivity index (χ1n) is 14.9. The van der Waals surface area contributed by atoms with Crippen molar-refractivity contribution in [1.82, 2.24) is 10.2 Å². The van der Waals surface area contributed by atoms with Crippen LogP contribution in [-0.2, 0) is 11.2 Å². The molecule has 4 aromatic carbocycles. The summed E-state index contributed by atoms with van der Waals surface area (Å²) in [5, 5.41) is 24.9. The smallest absolute Gasteiger partial charge is 0.119 e. The van der Waals surface area contributed by atoms with Gasteiger partial charge in [-0.3, -0.25) is 4.90 Å². The zero-order chi connectivity index (χ0) is 30.2. The minimum atomic E-state index is -0.714. The molecule has 8 heteroatoms. The van der Waals surface area contributed by atoms with Crippen molar-refractivity contribution < 1.29 is 19.7 Å². The maximum absolute atomic E-state index is 10.8. The van der Waals surface area contributed by atoms with Crippen LogP contribution >= 0.6 is 28.3 Å². The Balaban J connectivity index is 0.000000196. The van der Waals surface area contributed by atoms with Gasteiger partial charge in [-0.25, -0.2) is 0 Å². The number of nitrogens with one attached hydrogen (secondary N) is 1. The number of hydrogen-bond donors (Lipinski definition) is 3. The highest BCUT2D eigenvalue weighted by Gasteiger charge is 2.37. The highest BCUT2D eigenvalue weighted by atomic mass is 79.9. The lowest BCUT2D eigenvalue weighted by molar-refractivity contribution is 0.0447. The largest absolute Gasteiger partial charge is 0.493 e. The van der Waals surface area contributed by atoms with E-state index in [1.165, 1.54) is 0 Å². The molecule has 0 spiro atoms. The summed E-state index contributed by atoms with van der Waals surface area (Å²) in [6.07, 6.45) is 1.60. The Morgan fingerprint density at radius 2 is 1.14 bits per heavy atom. The molecule has 0 bridgehead atoms. The zero-order valence-electron chi connectivity index (χ0n) is 25.1. The quantitative estimate of drug-likeness (QED) is 0.177. The Morgan fingerprint density at radius 3 is 1.61 bits per heavy atom. The molecule has 44 heavy (non-hydrogen) atoms. The molecule has 2 atom stereocenters. The molecule has 2 unspecified atom stereocenters. The molecule has 4 aromatic rings. The van der Waals surface area contributed by atoms with Crippen LogP contribution in [0, 0.1) is 0 Å². The molecule has 2 fully saturated rings. The Bertz CT molecular complexity index is 1300. The van der Waals surface area contributed by atoms with Crippen molar-refractivity contribution in [2.75, 3.05) is 51.3 Å². The molecule has 0 saturated carbocycles. The second kappa shape index (κ2) is 18.8. The summed E-state index contributed by atoms with van der Waals surface area (Å²) in [6, 6.07) is 39.4. The lowest BCUT2D eigenvalue weighted by Crippen LogP contribution is -2.32. The lowest BCUT2D eigenvalue weighted by Gasteiger charge is -2.24. The number of benzene rings is 4. The SMILES string of the molecule is BrCCOc1ccccc1.Cl.OC1(c2ccccc2)CCN(CCOc2ccccc2)C1.OC1(c2ccccc2)CCNC1. The van der Waals surface area contributed by atoms with Crippen LogP contribution in [0.15, 0.2) is 121 Å². The van der Waals surface area contributed by atoms with Crippen molar-refractivity contribution in [2.45, 2.75) is 24.0 Å². The Labute approximate surface area is 276 Å². The normalized spacial score (nSPS) is 20.7. The Hall–Kier alpha value is -2.91. The van der Waals surface area contributed by atoms with Crippen LogP contribution in [0.1, 0.15) is 24.0 Å². The molecule has 236 valence electrons. The first-order chi connectivity index (χ1) is 21.0. The van der Waals surface area contributed by atoms with E-state index < -0.39 is 11.2 Å². The number of hydrogen-bond acceptors (Lipinski definition) is 6. The first-order valence-corrected chi connectivity index (χ1v) is 16.0. The van der Waals surface area contributed by atoms with Crippen LogP contribution in [0.5, 0.6) is 11.5 Å². The van der Waals surface area contributed by atoms with Crippen molar-refractivity contribution in [2.24, 2.45) is 0 Å². The summed E-state index contributed by atoms with van der Waals surface area (Å²) in [6.45, 7) is 5.38. The highest BCUT2D eigenvalue weighted by molar-refractivity contribution is 9.09. The van der Waals surface area contributed by atoms with Gasteiger partial charge in [0.15, 0.2) is 0 Å². The van der Waals surface area contributed by atoms with E-state index in [9.17, 15) is 10.2 Å². The maximum atomic E-state index is 10.8. The number of halogens is 2. The van der Waals surface area contributed by atoms with Crippen molar-refractivity contribution in [3.05, 3.63) is 132 Å². The van der Waals surface area contributed by atoms with E-state index in [0.717, 1.165) is 67.0 Å². The molecule has 2 saturated heterocycles. The van der Waals surface area contributed by atoms with Crippen molar-refractivity contribution in [1.29, 1.82) is 0 Å². The van der Waals surface area contributed by atoms with E-state index in [0.29, 0.717) is 19.7 Å². The predicted octanol–water partition coefficient (Wildman–Crippen LogP) is 6.41. The molecule has 0 radical (unpaired) electrons. The van der Waals surface area contributed by atoms with Crippen LogP contribution < -0.4 is 14.8 Å². The number of nitrogens with zero attached hydrogens (tertiary/aromatic N) is 1. The van der Waals surface area contributed by atoms with E-state index in [1.807, 2.05) is 121 Å². The van der Waals surface area contributed by atoms with Gasteiger partial charge in [-0.15, -0.1) is 12.4 Å². The molecular formula is C36H44BrClN2O4. The van der Waals surface area contributed by atoms with Crippen LogP contribution in [-0.4, -0.2) is 66.4 Å². The molecule has 0 aromatic heterocycles. The standard InChI is InChI=1S/C18H21NO2.C10H13NO.C8H9BrO.ClH/c20-18(16-7-3-1-4-8-16)11-12-19(15-18)13-14-21-17-9-5-2-6-10-17;12-10(6-7-11-8-10)9-4-2-1-3-5-9;9-6-7-10-8-4-2-1-3-5-8;/h1-10,20H,11-15H2;1-5,11-12H,6-8H2;1-5H,6-7H2;1H. The first kappa shape index (κ1) is 35.6. The van der Waals surface area contributed by atoms with Gasteiger partial charge < -0.3 is 25.0 Å². The third kappa shape index (κ3) is 11.2. The van der Waals surface area contributed by atoms with Gasteiger partial charge in [-0.05, 0) is 54.8 Å². The zero-order valence-corrected chi connectivity index (χ0v) is 27.5. The minimum Gasteiger partial charge on any atom is -0.493 e. The van der Waals surface area contributed by atoms with Gasteiger partial charge in [0.25, 0.3) is 0 Å². The third-order valence-corrected chi connectivity index (χ3v) is 7.91. The number of aliphatic hydroxyl groups is 2. The van der Waals surface area contributed by atoms with E-state index >= 15 is 0 Å². The molecule has 6 nitrogen and oxygen atoms in total. The van der Waals surface area contributed by atoms with Crippen LogP contribution in [0.25, 0.3) is 0 Å². The fraction of sp³-hybridized carbons (Fsp3) is 0.333. The highest BCUT2D eigenvalue weighted by Crippen LogP contribution is 2.31. The van der Waals surface area contributed by atoms with Gasteiger partial charge in [0, 0.05) is 31.5 Å². The summed E-state index contributed by atoms with van der Waals surface area (Å²) in [7, 11) is 0. The van der Waals surface area contributed by atoms with Crippen molar-refractivity contribution in [3.8, 4) is 11.5 Å². The van der Waals surface area contributed by atoms with Crippen LogP contribution in [0.2, 0.25) is 0 Å². The van der Waals surface area contributed by atoms with E-state index in [1.54, 1.807) is 0 Å². The summed E-state index contributed by atoms with van der Waals surface area (Å²) < 4.78 is 11.0. The number of β-amino-alcohol motifs (C(OH)–C–C–N with tert-alkyl or cyclic N) is 2. The van der Waals surface area contributed by atoms with Crippen molar-refractivity contribution in [3.63, 3.8) is 0 Å². The van der Waals surface area contributed by atoms with Gasteiger partial charge in [-0.2, -0.15) is 0 Å². The minimum absolute atomic E-state index is 0. The van der Waals surface area contributed by atoms with E-state index in [2.05, 4.69) is 26.1 Å². The molecule has 2 aliphatic heterocycles. The molecule has 3 N–H and O–H groups in total. The van der Waals surface area contributed by atoms with Gasteiger partial charge >= 0.3 is 0 Å². The average molecular weight is 684 g/mol. The molecular weight excluding hydrogens is 640 g/mol. The summed E-state index contributed by atoms with van der Waals surface area (Å²) in [4.78, 5) is 2.26. The molecule has 2 heterocycles. The number of likely N-dealkylation sites (tertiary alicyclic amines) is 1. The summed E-state index contributed by atoms with van der Waals surface area (Å²) in [5.41, 5.74) is 0.696.